The molecule has 0 atom stereocenters. The van der Waals surface area contributed by atoms with Crippen LogP contribution in [0, 0.1) is 11.3 Å². The molecule has 0 bridgehead atoms. The van der Waals surface area contributed by atoms with E-state index in [1.165, 1.54) is 13.2 Å². The summed E-state index contributed by atoms with van der Waals surface area (Å²) in [6, 6.07) is 15.4. The average Bonchev–Trinajstić information content (AvgIpc) is 2.55. The number of nitriles is 1. The van der Waals surface area contributed by atoms with Crippen molar-refractivity contribution in [3.8, 4) is 11.8 Å². The molecule has 0 aliphatic carbocycles. The number of rotatable bonds is 5. The normalized spacial score (nSPS) is 9.57. The topological polar surface area (TPSA) is 91.2 Å². The van der Waals surface area contributed by atoms with Crippen LogP contribution in [0.1, 0.15) is 12.0 Å². The van der Waals surface area contributed by atoms with E-state index in [9.17, 15) is 9.59 Å². The molecule has 0 heterocycles. The lowest BCUT2D eigenvalue weighted by Gasteiger charge is -2.10. The Kier molecular flexibility index (Phi) is 5.31. The predicted molar refractivity (Wildman–Crippen MR) is 86.0 cm³/mol. The molecule has 2 rings (SSSR count). The van der Waals surface area contributed by atoms with Gasteiger partial charge in [-0.15, -0.1) is 0 Å². The summed E-state index contributed by atoms with van der Waals surface area (Å²) in [4.78, 5) is 23.8. The van der Waals surface area contributed by atoms with Gasteiger partial charge in [0.15, 0.2) is 0 Å². The lowest BCUT2D eigenvalue weighted by atomic mass is 10.2. The van der Waals surface area contributed by atoms with Crippen LogP contribution in [0.3, 0.4) is 0 Å². The summed E-state index contributed by atoms with van der Waals surface area (Å²) >= 11 is 0. The number of nitrogens with zero attached hydrogens (tertiary/aromatic N) is 1. The molecule has 23 heavy (non-hydrogen) atoms. The maximum Gasteiger partial charge on any atom is 0.233 e. The molecule has 0 radical (unpaired) electrons. The van der Waals surface area contributed by atoms with Crippen molar-refractivity contribution in [3.05, 3.63) is 54.1 Å². The maximum atomic E-state index is 11.9. The van der Waals surface area contributed by atoms with Crippen LogP contribution in [0.5, 0.6) is 5.75 Å². The molecule has 0 fully saturated rings. The summed E-state index contributed by atoms with van der Waals surface area (Å²) in [7, 11) is 1.50. The Labute approximate surface area is 133 Å². The average molecular weight is 309 g/mol. The van der Waals surface area contributed by atoms with E-state index < -0.39 is 11.8 Å². The predicted octanol–water partition coefficient (Wildman–Crippen LogP) is 2.53. The number of anilines is 2. The monoisotopic (exact) mass is 309 g/mol. The van der Waals surface area contributed by atoms with Crippen molar-refractivity contribution in [1.82, 2.24) is 0 Å². The molecule has 2 amide bonds. The van der Waals surface area contributed by atoms with Crippen LogP contribution in [-0.2, 0) is 9.59 Å². The van der Waals surface area contributed by atoms with E-state index in [-0.39, 0.29) is 6.42 Å². The number of hydrogen-bond acceptors (Lipinski definition) is 4. The second-order valence-corrected chi connectivity index (χ2v) is 4.67. The van der Waals surface area contributed by atoms with Gasteiger partial charge in [-0.25, -0.2) is 0 Å². The van der Waals surface area contributed by atoms with Crippen LogP contribution in [0.2, 0.25) is 0 Å². The lowest BCUT2D eigenvalue weighted by molar-refractivity contribution is -0.123. The third-order valence-electron chi connectivity index (χ3n) is 2.98. The molecule has 0 spiro atoms. The Morgan fingerprint density at radius 2 is 1.83 bits per heavy atom. The number of carbonyl (C=O) groups excluding carboxylic acids is 2. The largest absolute Gasteiger partial charge is 0.495 e. The summed E-state index contributed by atoms with van der Waals surface area (Å²) in [6.45, 7) is 0. The number of hydrogen-bond donors (Lipinski definition) is 2. The van der Waals surface area contributed by atoms with Gasteiger partial charge < -0.3 is 15.4 Å². The van der Waals surface area contributed by atoms with Crippen molar-refractivity contribution in [2.45, 2.75) is 6.42 Å². The van der Waals surface area contributed by atoms with Gasteiger partial charge in [0.2, 0.25) is 11.8 Å². The molecule has 0 aromatic heterocycles. The zero-order valence-corrected chi connectivity index (χ0v) is 12.5. The van der Waals surface area contributed by atoms with Crippen LogP contribution in [-0.4, -0.2) is 18.9 Å². The minimum atomic E-state index is -0.465. The first-order valence-corrected chi connectivity index (χ1v) is 6.85. The summed E-state index contributed by atoms with van der Waals surface area (Å²) in [5.74, 6) is -0.404. The van der Waals surface area contributed by atoms with Gasteiger partial charge in [-0.2, -0.15) is 5.26 Å². The van der Waals surface area contributed by atoms with Gasteiger partial charge in [0.1, 0.15) is 12.2 Å². The summed E-state index contributed by atoms with van der Waals surface area (Å²) in [6.07, 6.45) is -0.338. The third-order valence-corrected chi connectivity index (χ3v) is 2.98. The number of benzene rings is 2. The highest BCUT2D eigenvalue weighted by Gasteiger charge is 2.12. The van der Waals surface area contributed by atoms with Crippen molar-refractivity contribution in [2.24, 2.45) is 0 Å². The van der Waals surface area contributed by atoms with E-state index >= 15 is 0 Å². The first-order valence-electron chi connectivity index (χ1n) is 6.85. The number of para-hydroxylation sites is 2. The molecule has 0 saturated heterocycles. The summed E-state index contributed by atoms with van der Waals surface area (Å²) < 4.78 is 5.13. The number of ether oxygens (including phenoxy) is 1. The molecule has 0 aliphatic heterocycles. The van der Waals surface area contributed by atoms with E-state index in [0.29, 0.717) is 22.7 Å². The van der Waals surface area contributed by atoms with Gasteiger partial charge in [0.05, 0.1) is 24.4 Å². The molecule has 2 aromatic carbocycles. The molecule has 0 saturated carbocycles. The standard InChI is InChI=1S/C17H15N3O3/c1-23-15-8-3-2-7-14(15)20-17(22)10-16(21)19-13-6-4-5-12(9-13)11-18/h2-9H,10H2,1H3,(H,19,21)(H,20,22). The molecule has 2 aromatic rings. The number of carbonyl (C=O) groups is 2. The molecular weight excluding hydrogens is 294 g/mol. The fourth-order valence-corrected chi connectivity index (χ4v) is 1.96. The molecule has 116 valence electrons. The van der Waals surface area contributed by atoms with Gasteiger partial charge in [-0.05, 0) is 30.3 Å². The smallest absolute Gasteiger partial charge is 0.233 e. The number of amides is 2. The Bertz CT molecular complexity index is 766. The van der Waals surface area contributed by atoms with Crippen molar-refractivity contribution in [3.63, 3.8) is 0 Å². The second kappa shape index (κ2) is 7.61. The first-order chi connectivity index (χ1) is 11.1. The van der Waals surface area contributed by atoms with Crippen LogP contribution in [0.15, 0.2) is 48.5 Å². The van der Waals surface area contributed by atoms with E-state index in [2.05, 4.69) is 10.6 Å². The van der Waals surface area contributed by atoms with E-state index in [0.717, 1.165) is 0 Å². The van der Waals surface area contributed by atoms with E-state index in [4.69, 9.17) is 10.00 Å². The second-order valence-electron chi connectivity index (χ2n) is 4.67. The Morgan fingerprint density at radius 3 is 2.57 bits per heavy atom. The zero-order valence-electron chi connectivity index (χ0n) is 12.5. The van der Waals surface area contributed by atoms with E-state index in [1.807, 2.05) is 6.07 Å². The molecule has 6 nitrogen and oxygen atoms in total. The van der Waals surface area contributed by atoms with Gasteiger partial charge in [-0.1, -0.05) is 18.2 Å². The number of nitrogens with one attached hydrogen (secondary N) is 2. The summed E-state index contributed by atoms with van der Waals surface area (Å²) in [5.41, 5.74) is 1.40. The Balaban J connectivity index is 1.94. The summed E-state index contributed by atoms with van der Waals surface area (Å²) in [5, 5.41) is 14.0. The van der Waals surface area contributed by atoms with Crippen molar-refractivity contribution >= 4 is 23.2 Å². The van der Waals surface area contributed by atoms with Gasteiger partial charge in [0.25, 0.3) is 0 Å². The molecule has 6 heteroatoms. The molecule has 0 unspecified atom stereocenters. The van der Waals surface area contributed by atoms with Crippen LogP contribution < -0.4 is 15.4 Å². The molecule has 0 aliphatic rings. The first kappa shape index (κ1) is 16.0. The van der Waals surface area contributed by atoms with Crippen molar-refractivity contribution in [2.75, 3.05) is 17.7 Å². The quantitative estimate of drug-likeness (QED) is 0.830. The van der Waals surface area contributed by atoms with E-state index in [1.54, 1.807) is 42.5 Å². The fourth-order valence-electron chi connectivity index (χ4n) is 1.96. The zero-order chi connectivity index (χ0) is 16.7. The Hall–Kier alpha value is -3.33. The fraction of sp³-hybridized carbons (Fsp3) is 0.118. The van der Waals surface area contributed by atoms with Crippen molar-refractivity contribution in [1.29, 1.82) is 5.26 Å². The lowest BCUT2D eigenvalue weighted by Crippen LogP contribution is -2.21. The highest BCUT2D eigenvalue weighted by atomic mass is 16.5. The minimum Gasteiger partial charge on any atom is -0.495 e. The van der Waals surface area contributed by atoms with Crippen molar-refractivity contribution < 1.29 is 14.3 Å². The third kappa shape index (κ3) is 4.58. The van der Waals surface area contributed by atoms with Gasteiger partial charge in [-0.3, -0.25) is 9.59 Å². The van der Waals surface area contributed by atoms with Crippen LogP contribution >= 0.6 is 0 Å². The Morgan fingerprint density at radius 1 is 1.09 bits per heavy atom. The SMILES string of the molecule is COc1ccccc1NC(=O)CC(=O)Nc1cccc(C#N)c1. The molecule has 2 N–H and O–H groups in total. The van der Waals surface area contributed by atoms with Crippen LogP contribution in [0.25, 0.3) is 0 Å². The highest BCUT2D eigenvalue weighted by molar-refractivity contribution is 6.08. The minimum absolute atomic E-state index is 0.338. The van der Waals surface area contributed by atoms with Gasteiger partial charge >= 0.3 is 0 Å². The van der Waals surface area contributed by atoms with Gasteiger partial charge in [0, 0.05) is 5.69 Å². The number of methoxy groups -OCH3 is 1. The maximum absolute atomic E-state index is 11.9. The van der Waals surface area contributed by atoms with Crippen LogP contribution in [0.4, 0.5) is 11.4 Å². The highest BCUT2D eigenvalue weighted by Crippen LogP contribution is 2.23. The molecular formula is C17H15N3O3.